The van der Waals surface area contributed by atoms with Crippen molar-refractivity contribution < 1.29 is 4.74 Å². The normalized spacial score (nSPS) is 37.9. The van der Waals surface area contributed by atoms with E-state index in [-0.39, 0.29) is 0 Å². The highest BCUT2D eigenvalue weighted by Crippen LogP contribution is 2.43. The Morgan fingerprint density at radius 3 is 2.83 bits per heavy atom. The molecule has 12 heavy (non-hydrogen) atoms. The van der Waals surface area contributed by atoms with Crippen LogP contribution in [0.3, 0.4) is 0 Å². The van der Waals surface area contributed by atoms with Crippen LogP contribution in [0.4, 0.5) is 0 Å². The predicted molar refractivity (Wildman–Crippen MR) is 50.4 cm³/mol. The predicted octanol–water partition coefficient (Wildman–Crippen LogP) is 2.45. The van der Waals surface area contributed by atoms with Crippen LogP contribution in [0.1, 0.15) is 12.8 Å². The van der Waals surface area contributed by atoms with E-state index in [1.165, 1.54) is 12.8 Å². The Bertz CT molecular complexity index is 179. The molecule has 3 atom stereocenters. The van der Waals surface area contributed by atoms with Gasteiger partial charge in [-0.05, 0) is 30.6 Å². The van der Waals surface area contributed by atoms with Gasteiger partial charge in [-0.1, -0.05) is 12.2 Å². The Balaban J connectivity index is 1.73. The van der Waals surface area contributed by atoms with Crippen LogP contribution in [0, 0.1) is 17.8 Å². The molecular formula is C10H15ClO. The number of allylic oxidation sites excluding steroid dienone is 2. The summed E-state index contributed by atoms with van der Waals surface area (Å²) < 4.78 is 5.45. The maximum Gasteiger partial charge on any atom is 0.0601 e. The van der Waals surface area contributed by atoms with Crippen molar-refractivity contribution in [3.8, 4) is 0 Å². The number of ether oxygens (including phenoxy) is 1. The van der Waals surface area contributed by atoms with Gasteiger partial charge < -0.3 is 4.74 Å². The lowest BCUT2D eigenvalue weighted by Crippen LogP contribution is -2.15. The van der Waals surface area contributed by atoms with Gasteiger partial charge in [0.1, 0.15) is 0 Å². The molecule has 1 fully saturated rings. The summed E-state index contributed by atoms with van der Waals surface area (Å²) in [4.78, 5) is 0. The fourth-order valence-electron chi connectivity index (χ4n) is 2.38. The van der Waals surface area contributed by atoms with E-state index in [4.69, 9.17) is 16.3 Å². The first-order chi connectivity index (χ1) is 5.90. The van der Waals surface area contributed by atoms with Gasteiger partial charge in [-0.2, -0.15) is 0 Å². The molecule has 2 aliphatic carbocycles. The van der Waals surface area contributed by atoms with E-state index in [9.17, 15) is 0 Å². The van der Waals surface area contributed by atoms with Crippen molar-refractivity contribution in [3.05, 3.63) is 12.2 Å². The van der Waals surface area contributed by atoms with Gasteiger partial charge >= 0.3 is 0 Å². The van der Waals surface area contributed by atoms with Crippen molar-refractivity contribution in [1.82, 2.24) is 0 Å². The highest BCUT2D eigenvalue weighted by molar-refractivity contribution is 6.17. The molecule has 2 heteroatoms. The second-order valence-corrected chi connectivity index (χ2v) is 4.18. The first-order valence-corrected chi connectivity index (χ1v) is 5.25. The summed E-state index contributed by atoms with van der Waals surface area (Å²) in [5.41, 5.74) is 0. The third kappa shape index (κ3) is 1.67. The van der Waals surface area contributed by atoms with E-state index in [1.807, 2.05) is 0 Å². The van der Waals surface area contributed by atoms with Crippen molar-refractivity contribution >= 4 is 11.6 Å². The highest BCUT2D eigenvalue weighted by atomic mass is 35.5. The zero-order chi connectivity index (χ0) is 8.39. The summed E-state index contributed by atoms with van der Waals surface area (Å²) in [6.07, 6.45) is 7.43. The van der Waals surface area contributed by atoms with Gasteiger partial charge in [-0.15, -0.1) is 11.6 Å². The van der Waals surface area contributed by atoms with Crippen LogP contribution in [-0.2, 0) is 4.74 Å². The Morgan fingerprint density at radius 1 is 1.33 bits per heavy atom. The van der Waals surface area contributed by atoms with Crippen LogP contribution in [0.25, 0.3) is 0 Å². The van der Waals surface area contributed by atoms with Crippen molar-refractivity contribution in [2.45, 2.75) is 12.8 Å². The van der Waals surface area contributed by atoms with Crippen LogP contribution in [-0.4, -0.2) is 19.1 Å². The Labute approximate surface area is 78.7 Å². The van der Waals surface area contributed by atoms with Gasteiger partial charge in [-0.3, -0.25) is 0 Å². The maximum absolute atomic E-state index is 5.53. The number of hydrogen-bond donors (Lipinski definition) is 0. The van der Waals surface area contributed by atoms with Crippen LogP contribution < -0.4 is 0 Å². The largest absolute Gasteiger partial charge is 0.380 e. The number of halogens is 1. The van der Waals surface area contributed by atoms with Crippen LogP contribution in [0.2, 0.25) is 0 Å². The third-order valence-corrected chi connectivity index (χ3v) is 3.12. The zero-order valence-corrected chi connectivity index (χ0v) is 7.96. The van der Waals surface area contributed by atoms with Gasteiger partial charge in [0.25, 0.3) is 0 Å². The number of rotatable bonds is 4. The summed E-state index contributed by atoms with van der Waals surface area (Å²) in [6.45, 7) is 1.62. The summed E-state index contributed by atoms with van der Waals surface area (Å²) >= 11 is 5.53. The zero-order valence-electron chi connectivity index (χ0n) is 7.21. The van der Waals surface area contributed by atoms with Crippen molar-refractivity contribution in [3.63, 3.8) is 0 Å². The highest BCUT2D eigenvalue weighted by Gasteiger charge is 2.35. The molecule has 0 aliphatic heterocycles. The number of alkyl halides is 1. The van der Waals surface area contributed by atoms with Gasteiger partial charge in [0.15, 0.2) is 0 Å². The quantitative estimate of drug-likeness (QED) is 0.372. The molecule has 0 aromatic heterocycles. The molecule has 0 heterocycles. The maximum atomic E-state index is 5.53. The molecule has 0 saturated heterocycles. The Morgan fingerprint density at radius 2 is 2.25 bits per heavy atom. The first-order valence-electron chi connectivity index (χ1n) is 4.72. The number of fused-ring (bicyclic) bond motifs is 2. The van der Waals surface area contributed by atoms with Gasteiger partial charge in [-0.25, -0.2) is 0 Å². The monoisotopic (exact) mass is 186 g/mol. The van der Waals surface area contributed by atoms with Crippen molar-refractivity contribution in [1.29, 1.82) is 0 Å². The second-order valence-electron chi connectivity index (χ2n) is 3.80. The molecule has 3 unspecified atom stereocenters. The van der Waals surface area contributed by atoms with E-state index in [0.29, 0.717) is 12.5 Å². The van der Waals surface area contributed by atoms with E-state index in [2.05, 4.69) is 12.2 Å². The SMILES string of the molecule is ClCCOCC1CC2C=CC1C2. The average Bonchev–Trinajstić information content (AvgIpc) is 2.65. The topological polar surface area (TPSA) is 9.23 Å². The molecule has 2 rings (SSSR count). The van der Waals surface area contributed by atoms with E-state index in [0.717, 1.165) is 24.4 Å². The molecule has 2 bridgehead atoms. The molecule has 2 aliphatic rings. The fourth-order valence-corrected chi connectivity index (χ4v) is 2.48. The van der Waals surface area contributed by atoms with Gasteiger partial charge in [0.2, 0.25) is 0 Å². The molecule has 0 aromatic carbocycles. The lowest BCUT2D eigenvalue weighted by Gasteiger charge is -2.17. The Kier molecular flexibility index (Phi) is 2.72. The molecule has 0 radical (unpaired) electrons. The molecule has 68 valence electrons. The number of hydrogen-bond acceptors (Lipinski definition) is 1. The van der Waals surface area contributed by atoms with Crippen LogP contribution in [0.15, 0.2) is 12.2 Å². The average molecular weight is 187 g/mol. The molecule has 1 nitrogen and oxygen atoms in total. The molecule has 0 aromatic rings. The minimum absolute atomic E-state index is 0.622. The fraction of sp³-hybridized carbons (Fsp3) is 0.800. The van der Waals surface area contributed by atoms with Crippen LogP contribution >= 0.6 is 11.6 Å². The molecule has 0 spiro atoms. The second kappa shape index (κ2) is 3.80. The van der Waals surface area contributed by atoms with E-state index in [1.54, 1.807) is 0 Å². The smallest absolute Gasteiger partial charge is 0.0601 e. The summed E-state index contributed by atoms with van der Waals surface area (Å²) in [7, 11) is 0. The first kappa shape index (κ1) is 8.58. The van der Waals surface area contributed by atoms with E-state index < -0.39 is 0 Å². The minimum atomic E-state index is 0.622. The summed E-state index contributed by atoms with van der Waals surface area (Å²) in [5, 5.41) is 0. The lowest BCUT2D eigenvalue weighted by molar-refractivity contribution is 0.102. The summed E-state index contributed by atoms with van der Waals surface area (Å²) in [5.74, 6) is 3.07. The molecular weight excluding hydrogens is 172 g/mol. The van der Waals surface area contributed by atoms with Crippen LogP contribution in [0.5, 0.6) is 0 Å². The lowest BCUT2D eigenvalue weighted by atomic mass is 9.95. The van der Waals surface area contributed by atoms with Gasteiger partial charge in [0, 0.05) is 5.88 Å². The van der Waals surface area contributed by atoms with Crippen molar-refractivity contribution in [2.24, 2.45) is 17.8 Å². The molecule has 0 amide bonds. The standard InChI is InChI=1S/C10H15ClO/c11-3-4-12-7-10-6-8-1-2-9(10)5-8/h1-2,8-10H,3-7H2. The van der Waals surface area contributed by atoms with Gasteiger partial charge in [0.05, 0.1) is 13.2 Å². The minimum Gasteiger partial charge on any atom is -0.380 e. The summed E-state index contributed by atoms with van der Waals surface area (Å²) in [6, 6.07) is 0. The van der Waals surface area contributed by atoms with Crippen molar-refractivity contribution in [2.75, 3.05) is 19.1 Å². The third-order valence-electron chi connectivity index (χ3n) is 2.97. The molecule has 1 saturated carbocycles. The Hall–Kier alpha value is -0.0100. The molecule has 0 N–H and O–H groups in total. The van der Waals surface area contributed by atoms with E-state index >= 15 is 0 Å².